The largest absolute Gasteiger partial charge is 0.494 e. The van der Waals surface area contributed by atoms with E-state index in [1.807, 2.05) is 38.1 Å². The van der Waals surface area contributed by atoms with Gasteiger partial charge in [0.25, 0.3) is 0 Å². The molecule has 0 saturated carbocycles. The second-order valence-corrected chi connectivity index (χ2v) is 3.25. The smallest absolute Gasteiger partial charge is 0.119 e. The topological polar surface area (TPSA) is 45.4 Å². The maximum absolute atomic E-state index is 7.40. The van der Waals surface area contributed by atoms with Crippen molar-refractivity contribution in [2.45, 2.75) is 20.8 Å². The molecule has 0 aliphatic heterocycles. The molecule has 0 saturated heterocycles. The Labute approximate surface area is 90.3 Å². The van der Waals surface area contributed by atoms with E-state index in [9.17, 15) is 0 Å². The first kappa shape index (κ1) is 11.4. The predicted molar refractivity (Wildman–Crippen MR) is 63.8 cm³/mol. The van der Waals surface area contributed by atoms with Crippen LogP contribution in [0.1, 0.15) is 20.8 Å². The summed E-state index contributed by atoms with van der Waals surface area (Å²) in [4.78, 5) is 4.30. The third-order valence-corrected chi connectivity index (χ3v) is 1.99. The van der Waals surface area contributed by atoms with Crippen molar-refractivity contribution in [1.82, 2.24) is 0 Å². The van der Waals surface area contributed by atoms with Crippen LogP contribution in [0, 0.1) is 5.41 Å². The first-order valence-corrected chi connectivity index (χ1v) is 4.97. The van der Waals surface area contributed by atoms with Gasteiger partial charge in [0.1, 0.15) is 5.75 Å². The van der Waals surface area contributed by atoms with Gasteiger partial charge in [0.2, 0.25) is 0 Å². The summed E-state index contributed by atoms with van der Waals surface area (Å²) < 4.78 is 5.32. The number of benzene rings is 1. The fourth-order valence-electron chi connectivity index (χ4n) is 1.06. The Morgan fingerprint density at radius 2 is 1.87 bits per heavy atom. The lowest BCUT2D eigenvalue weighted by molar-refractivity contribution is 0.340. The fraction of sp³-hybridized carbons (Fsp3) is 0.333. The van der Waals surface area contributed by atoms with Crippen LogP contribution >= 0.6 is 0 Å². The van der Waals surface area contributed by atoms with Crippen LogP contribution in [0.25, 0.3) is 0 Å². The van der Waals surface area contributed by atoms with E-state index >= 15 is 0 Å². The lowest BCUT2D eigenvalue weighted by atomic mass is 10.2. The fourth-order valence-corrected chi connectivity index (χ4v) is 1.06. The van der Waals surface area contributed by atoms with Gasteiger partial charge in [-0.15, -0.1) is 0 Å². The number of hydrogen-bond acceptors (Lipinski definition) is 3. The number of ether oxygens (including phenoxy) is 1. The van der Waals surface area contributed by atoms with E-state index in [1.165, 1.54) is 0 Å². The second kappa shape index (κ2) is 5.29. The van der Waals surface area contributed by atoms with E-state index in [0.717, 1.165) is 17.1 Å². The standard InChI is InChI=1S/C12H16N2O/c1-4-15-12-7-5-11(6-8-12)14-10(3)9(2)13/h5-8,13H,4H2,1-3H3. The van der Waals surface area contributed by atoms with E-state index in [2.05, 4.69) is 4.99 Å². The minimum absolute atomic E-state index is 0.490. The van der Waals surface area contributed by atoms with Gasteiger partial charge in [0, 0.05) is 5.71 Å². The van der Waals surface area contributed by atoms with Gasteiger partial charge in [0.15, 0.2) is 0 Å². The molecule has 80 valence electrons. The van der Waals surface area contributed by atoms with Crippen molar-refractivity contribution >= 4 is 17.1 Å². The Hall–Kier alpha value is -1.64. The Kier molecular flexibility index (Phi) is 4.03. The van der Waals surface area contributed by atoms with Crippen LogP contribution in [0.5, 0.6) is 5.75 Å². The van der Waals surface area contributed by atoms with Crippen LogP contribution in [0.3, 0.4) is 0 Å². The van der Waals surface area contributed by atoms with Crippen LogP contribution in [-0.2, 0) is 0 Å². The Bertz CT molecular complexity index is 366. The van der Waals surface area contributed by atoms with Gasteiger partial charge in [-0.05, 0) is 45.0 Å². The molecule has 0 amide bonds. The molecule has 1 rings (SSSR count). The van der Waals surface area contributed by atoms with Crippen LogP contribution in [0.4, 0.5) is 5.69 Å². The van der Waals surface area contributed by atoms with Gasteiger partial charge in [-0.25, -0.2) is 0 Å². The molecule has 0 unspecified atom stereocenters. The number of rotatable bonds is 4. The molecule has 3 heteroatoms. The molecule has 0 bridgehead atoms. The molecule has 0 aliphatic rings. The number of aliphatic imine (C=N–C) groups is 1. The first-order valence-electron chi connectivity index (χ1n) is 4.97. The SMILES string of the molecule is CCOc1ccc(N=C(C)C(C)=N)cc1. The molecule has 1 aromatic carbocycles. The Morgan fingerprint density at radius 3 is 2.33 bits per heavy atom. The van der Waals surface area contributed by atoms with Crippen molar-refractivity contribution in [2.75, 3.05) is 6.61 Å². The highest BCUT2D eigenvalue weighted by Gasteiger charge is 1.96. The highest BCUT2D eigenvalue weighted by atomic mass is 16.5. The van der Waals surface area contributed by atoms with Crippen molar-refractivity contribution in [3.63, 3.8) is 0 Å². The number of hydrogen-bond donors (Lipinski definition) is 1. The molecule has 0 aliphatic carbocycles. The lowest BCUT2D eigenvalue weighted by Gasteiger charge is -2.03. The lowest BCUT2D eigenvalue weighted by Crippen LogP contribution is -2.02. The van der Waals surface area contributed by atoms with Crippen molar-refractivity contribution in [1.29, 1.82) is 5.41 Å². The first-order chi connectivity index (χ1) is 7.13. The maximum Gasteiger partial charge on any atom is 0.119 e. The second-order valence-electron chi connectivity index (χ2n) is 3.25. The summed E-state index contributed by atoms with van der Waals surface area (Å²) >= 11 is 0. The number of nitrogens with zero attached hydrogens (tertiary/aromatic N) is 1. The molecule has 0 spiro atoms. The minimum atomic E-state index is 0.490. The van der Waals surface area contributed by atoms with E-state index in [0.29, 0.717) is 12.3 Å². The molecule has 1 aromatic rings. The van der Waals surface area contributed by atoms with Crippen molar-refractivity contribution in [3.05, 3.63) is 24.3 Å². The van der Waals surface area contributed by atoms with Crippen molar-refractivity contribution in [2.24, 2.45) is 4.99 Å². The average molecular weight is 204 g/mol. The van der Waals surface area contributed by atoms with Crippen LogP contribution in [0.15, 0.2) is 29.3 Å². The van der Waals surface area contributed by atoms with Gasteiger partial charge in [-0.1, -0.05) is 0 Å². The van der Waals surface area contributed by atoms with Gasteiger partial charge in [-0.3, -0.25) is 4.99 Å². The van der Waals surface area contributed by atoms with Crippen molar-refractivity contribution in [3.8, 4) is 5.75 Å². The molecule has 1 N–H and O–H groups in total. The summed E-state index contributed by atoms with van der Waals surface area (Å²) in [5.74, 6) is 0.848. The van der Waals surface area contributed by atoms with Crippen molar-refractivity contribution < 1.29 is 4.74 Å². The van der Waals surface area contributed by atoms with Crippen LogP contribution in [-0.4, -0.2) is 18.0 Å². The molecule has 3 nitrogen and oxygen atoms in total. The van der Waals surface area contributed by atoms with Gasteiger partial charge in [-0.2, -0.15) is 0 Å². The molecule has 0 aromatic heterocycles. The molecular weight excluding hydrogens is 188 g/mol. The molecule has 0 fully saturated rings. The maximum atomic E-state index is 7.40. The number of nitrogens with one attached hydrogen (secondary N) is 1. The average Bonchev–Trinajstić information content (AvgIpc) is 2.21. The predicted octanol–water partition coefficient (Wildman–Crippen LogP) is 3.22. The Balaban J connectivity index is 2.80. The quantitative estimate of drug-likeness (QED) is 0.752. The third-order valence-electron chi connectivity index (χ3n) is 1.99. The summed E-state index contributed by atoms with van der Waals surface area (Å²) in [5.41, 5.74) is 2.07. The molecular formula is C12H16N2O. The highest BCUT2D eigenvalue weighted by molar-refractivity contribution is 6.39. The molecule has 0 radical (unpaired) electrons. The summed E-state index contributed by atoms with van der Waals surface area (Å²) in [6.45, 7) is 6.18. The van der Waals surface area contributed by atoms with Crippen LogP contribution in [0.2, 0.25) is 0 Å². The summed E-state index contributed by atoms with van der Waals surface area (Å²) in [5, 5.41) is 7.40. The zero-order chi connectivity index (χ0) is 11.3. The third kappa shape index (κ3) is 3.54. The van der Waals surface area contributed by atoms with Gasteiger partial charge < -0.3 is 10.1 Å². The van der Waals surface area contributed by atoms with E-state index < -0.39 is 0 Å². The van der Waals surface area contributed by atoms with Gasteiger partial charge >= 0.3 is 0 Å². The van der Waals surface area contributed by atoms with E-state index in [1.54, 1.807) is 6.92 Å². The Morgan fingerprint density at radius 1 is 1.27 bits per heavy atom. The van der Waals surface area contributed by atoms with Gasteiger partial charge in [0.05, 0.1) is 18.0 Å². The van der Waals surface area contributed by atoms with E-state index in [4.69, 9.17) is 10.1 Å². The summed E-state index contributed by atoms with van der Waals surface area (Å²) in [6.07, 6.45) is 0. The monoisotopic (exact) mass is 204 g/mol. The van der Waals surface area contributed by atoms with E-state index in [-0.39, 0.29) is 0 Å². The minimum Gasteiger partial charge on any atom is -0.494 e. The summed E-state index contributed by atoms with van der Waals surface area (Å²) in [6, 6.07) is 7.54. The molecule has 0 heterocycles. The summed E-state index contributed by atoms with van der Waals surface area (Å²) in [7, 11) is 0. The zero-order valence-corrected chi connectivity index (χ0v) is 9.37. The zero-order valence-electron chi connectivity index (χ0n) is 9.37. The van der Waals surface area contributed by atoms with Crippen LogP contribution < -0.4 is 4.74 Å². The highest BCUT2D eigenvalue weighted by Crippen LogP contribution is 2.18. The normalized spacial score (nSPS) is 11.3. The molecule has 15 heavy (non-hydrogen) atoms. The molecule has 0 atom stereocenters.